The summed E-state index contributed by atoms with van der Waals surface area (Å²) < 4.78 is 0. The lowest BCUT2D eigenvalue weighted by Crippen LogP contribution is -2.19. The van der Waals surface area contributed by atoms with Crippen molar-refractivity contribution in [2.45, 2.75) is 19.3 Å². The highest BCUT2D eigenvalue weighted by atomic mass is 15.1. The third-order valence-electron chi connectivity index (χ3n) is 1.64. The average molecular weight is 153 g/mol. The number of rotatable bonds is 7. The molecule has 0 aliphatic rings. The predicted molar refractivity (Wildman–Crippen MR) is 51.7 cm³/mol. The van der Waals surface area contributed by atoms with E-state index in [2.05, 4.69) is 25.1 Å². The summed E-state index contributed by atoms with van der Waals surface area (Å²) in [6, 6.07) is 0. The number of hydrogen-bond donors (Lipinski definition) is 0. The van der Waals surface area contributed by atoms with Crippen LogP contribution in [0, 0.1) is 0 Å². The molecule has 0 unspecified atom stereocenters. The number of nitrogens with zero attached hydrogens (tertiary/aromatic N) is 1. The van der Waals surface area contributed by atoms with Crippen molar-refractivity contribution >= 4 is 0 Å². The lowest BCUT2D eigenvalue weighted by Gasteiger charge is -2.12. The Balaban J connectivity index is 3.09. The molecule has 0 spiro atoms. The van der Waals surface area contributed by atoms with Gasteiger partial charge in [0.15, 0.2) is 0 Å². The zero-order valence-electron chi connectivity index (χ0n) is 7.55. The van der Waals surface area contributed by atoms with Gasteiger partial charge in [-0.25, -0.2) is 0 Å². The molecule has 0 aromatic carbocycles. The Bertz CT molecular complexity index is 107. The first-order valence-electron chi connectivity index (χ1n) is 4.21. The summed E-state index contributed by atoms with van der Waals surface area (Å²) in [7, 11) is 2.12. The van der Waals surface area contributed by atoms with Crippen LogP contribution < -0.4 is 0 Å². The standard InChI is InChI=1S/C10H19N/c1-4-6-7-8-10-11(3)9-5-2/h4-5H,1-2,6-10H2,3H3. The van der Waals surface area contributed by atoms with Gasteiger partial charge in [0.05, 0.1) is 0 Å². The number of hydrogen-bond acceptors (Lipinski definition) is 1. The van der Waals surface area contributed by atoms with Crippen molar-refractivity contribution in [1.29, 1.82) is 0 Å². The smallest absolute Gasteiger partial charge is 0.0157 e. The maximum Gasteiger partial charge on any atom is 0.0157 e. The van der Waals surface area contributed by atoms with Crippen LogP contribution in [0.5, 0.6) is 0 Å². The highest BCUT2D eigenvalue weighted by Crippen LogP contribution is 1.97. The van der Waals surface area contributed by atoms with E-state index in [0.29, 0.717) is 0 Å². The first kappa shape index (κ1) is 10.4. The van der Waals surface area contributed by atoms with E-state index in [1.54, 1.807) is 0 Å². The fourth-order valence-corrected chi connectivity index (χ4v) is 0.982. The lowest BCUT2D eigenvalue weighted by atomic mass is 10.2. The molecular weight excluding hydrogens is 134 g/mol. The van der Waals surface area contributed by atoms with E-state index in [1.807, 2.05) is 12.2 Å². The molecule has 1 nitrogen and oxygen atoms in total. The van der Waals surface area contributed by atoms with Crippen molar-refractivity contribution < 1.29 is 0 Å². The fraction of sp³-hybridized carbons (Fsp3) is 0.600. The van der Waals surface area contributed by atoms with Gasteiger partial charge in [-0.05, 0) is 32.9 Å². The predicted octanol–water partition coefficient (Wildman–Crippen LogP) is 2.46. The molecule has 64 valence electrons. The van der Waals surface area contributed by atoms with Gasteiger partial charge in [-0.2, -0.15) is 0 Å². The molecule has 0 aromatic heterocycles. The van der Waals surface area contributed by atoms with Crippen LogP contribution in [0.15, 0.2) is 25.3 Å². The van der Waals surface area contributed by atoms with Crippen molar-refractivity contribution in [1.82, 2.24) is 4.90 Å². The summed E-state index contributed by atoms with van der Waals surface area (Å²) in [4.78, 5) is 2.27. The molecule has 0 aliphatic carbocycles. The molecule has 0 amide bonds. The molecule has 0 rings (SSSR count). The summed E-state index contributed by atoms with van der Waals surface area (Å²) in [5.74, 6) is 0. The van der Waals surface area contributed by atoms with Crippen LogP contribution >= 0.6 is 0 Å². The Kier molecular flexibility index (Phi) is 7.16. The Morgan fingerprint density at radius 2 is 1.91 bits per heavy atom. The maximum absolute atomic E-state index is 3.69. The number of allylic oxidation sites excluding steroid dienone is 1. The zero-order chi connectivity index (χ0) is 8.53. The van der Waals surface area contributed by atoms with Crippen molar-refractivity contribution in [2.24, 2.45) is 0 Å². The van der Waals surface area contributed by atoms with Gasteiger partial charge >= 0.3 is 0 Å². The van der Waals surface area contributed by atoms with Crippen LogP contribution in [-0.4, -0.2) is 25.0 Å². The molecule has 11 heavy (non-hydrogen) atoms. The van der Waals surface area contributed by atoms with E-state index in [-0.39, 0.29) is 0 Å². The van der Waals surface area contributed by atoms with Crippen LogP contribution in [0.2, 0.25) is 0 Å². The molecule has 0 heterocycles. The minimum Gasteiger partial charge on any atom is -0.303 e. The van der Waals surface area contributed by atoms with Gasteiger partial charge in [-0.3, -0.25) is 0 Å². The van der Waals surface area contributed by atoms with E-state index in [0.717, 1.165) is 13.0 Å². The molecule has 0 radical (unpaired) electrons. The first-order chi connectivity index (χ1) is 5.31. The van der Waals surface area contributed by atoms with E-state index >= 15 is 0 Å². The van der Waals surface area contributed by atoms with Crippen molar-refractivity contribution in [3.05, 3.63) is 25.3 Å². The van der Waals surface area contributed by atoms with Gasteiger partial charge in [-0.1, -0.05) is 12.2 Å². The summed E-state index contributed by atoms with van der Waals surface area (Å²) in [5, 5.41) is 0. The largest absolute Gasteiger partial charge is 0.303 e. The summed E-state index contributed by atoms with van der Waals surface area (Å²) in [6.07, 6.45) is 7.57. The van der Waals surface area contributed by atoms with E-state index in [1.165, 1.54) is 19.4 Å². The van der Waals surface area contributed by atoms with Gasteiger partial charge in [0.25, 0.3) is 0 Å². The molecule has 0 N–H and O–H groups in total. The van der Waals surface area contributed by atoms with Gasteiger partial charge < -0.3 is 4.90 Å². The van der Waals surface area contributed by atoms with Crippen LogP contribution in [-0.2, 0) is 0 Å². The minimum absolute atomic E-state index is 0.994. The monoisotopic (exact) mass is 153 g/mol. The maximum atomic E-state index is 3.69. The Morgan fingerprint density at radius 3 is 2.45 bits per heavy atom. The highest BCUT2D eigenvalue weighted by molar-refractivity contribution is 4.71. The fourth-order valence-electron chi connectivity index (χ4n) is 0.982. The lowest BCUT2D eigenvalue weighted by molar-refractivity contribution is 0.360. The molecule has 0 fully saturated rings. The molecule has 0 saturated carbocycles. The molecule has 0 aromatic rings. The normalized spacial score (nSPS) is 10.0. The third-order valence-corrected chi connectivity index (χ3v) is 1.64. The van der Waals surface area contributed by atoms with Crippen molar-refractivity contribution in [3.8, 4) is 0 Å². The first-order valence-corrected chi connectivity index (χ1v) is 4.21. The van der Waals surface area contributed by atoms with E-state index < -0.39 is 0 Å². The van der Waals surface area contributed by atoms with Crippen molar-refractivity contribution in [3.63, 3.8) is 0 Å². The van der Waals surface area contributed by atoms with Gasteiger partial charge in [0, 0.05) is 6.54 Å². The second-order valence-corrected chi connectivity index (χ2v) is 2.84. The van der Waals surface area contributed by atoms with Crippen LogP contribution in [0.4, 0.5) is 0 Å². The molecule has 0 aliphatic heterocycles. The highest BCUT2D eigenvalue weighted by Gasteiger charge is 1.92. The number of likely N-dealkylation sites (N-methyl/N-ethyl adjacent to an activating group) is 1. The van der Waals surface area contributed by atoms with Crippen molar-refractivity contribution in [2.75, 3.05) is 20.1 Å². The molecular formula is C10H19N. The average Bonchev–Trinajstić information content (AvgIpc) is 1.99. The van der Waals surface area contributed by atoms with Gasteiger partial charge in [0.1, 0.15) is 0 Å². The quantitative estimate of drug-likeness (QED) is 0.401. The zero-order valence-corrected chi connectivity index (χ0v) is 7.55. The van der Waals surface area contributed by atoms with Crippen LogP contribution in [0.1, 0.15) is 19.3 Å². The molecule has 0 bridgehead atoms. The second-order valence-electron chi connectivity index (χ2n) is 2.84. The van der Waals surface area contributed by atoms with E-state index in [4.69, 9.17) is 0 Å². The second kappa shape index (κ2) is 7.55. The Labute approximate surface area is 70.4 Å². The van der Waals surface area contributed by atoms with Gasteiger partial charge in [-0.15, -0.1) is 13.2 Å². The summed E-state index contributed by atoms with van der Waals surface area (Å²) >= 11 is 0. The molecule has 0 atom stereocenters. The minimum atomic E-state index is 0.994. The topological polar surface area (TPSA) is 3.24 Å². The van der Waals surface area contributed by atoms with Gasteiger partial charge in [0.2, 0.25) is 0 Å². The van der Waals surface area contributed by atoms with Crippen LogP contribution in [0.3, 0.4) is 0 Å². The summed E-state index contributed by atoms with van der Waals surface area (Å²) in [6.45, 7) is 9.53. The third kappa shape index (κ3) is 7.34. The van der Waals surface area contributed by atoms with E-state index in [9.17, 15) is 0 Å². The Morgan fingerprint density at radius 1 is 1.18 bits per heavy atom. The SMILES string of the molecule is C=CCCCCN(C)CC=C. The molecule has 1 heteroatoms. The van der Waals surface area contributed by atoms with Crippen LogP contribution in [0.25, 0.3) is 0 Å². The number of unbranched alkanes of at least 4 members (excludes halogenated alkanes) is 2. The Hall–Kier alpha value is -0.560. The molecule has 0 saturated heterocycles. The summed E-state index contributed by atoms with van der Waals surface area (Å²) in [5.41, 5.74) is 0.